The molecule has 90 valence electrons. The summed E-state index contributed by atoms with van der Waals surface area (Å²) >= 11 is 0. The lowest BCUT2D eigenvalue weighted by Crippen LogP contribution is -2.49. The minimum atomic E-state index is -2.21. The minimum Gasteiger partial charge on any atom is -0.461 e. The van der Waals surface area contributed by atoms with Gasteiger partial charge in [-0.05, 0) is 19.1 Å². The standard InChI is InChI=1S/C12H12O5/c1-2-16-11(14)12(15)7-9(13)8-5-3-4-6-10(8)17-12/h3-6,15H,2,7H2,1H3. The van der Waals surface area contributed by atoms with Crippen LogP contribution in [-0.2, 0) is 9.53 Å². The topological polar surface area (TPSA) is 72.8 Å². The van der Waals surface area contributed by atoms with Crippen molar-refractivity contribution in [2.45, 2.75) is 19.1 Å². The smallest absolute Gasteiger partial charge is 0.380 e. The van der Waals surface area contributed by atoms with Gasteiger partial charge in [0, 0.05) is 0 Å². The summed E-state index contributed by atoms with van der Waals surface area (Å²) in [6.45, 7) is 1.72. The third-order valence-corrected chi connectivity index (χ3v) is 2.46. The number of ether oxygens (including phenoxy) is 2. The third kappa shape index (κ3) is 2.01. The van der Waals surface area contributed by atoms with Crippen LogP contribution in [0, 0.1) is 0 Å². The van der Waals surface area contributed by atoms with E-state index >= 15 is 0 Å². The van der Waals surface area contributed by atoms with Crippen LogP contribution >= 0.6 is 0 Å². The van der Waals surface area contributed by atoms with Crippen molar-refractivity contribution in [1.29, 1.82) is 0 Å². The van der Waals surface area contributed by atoms with E-state index in [-0.39, 0.29) is 18.1 Å². The first-order chi connectivity index (χ1) is 8.07. The van der Waals surface area contributed by atoms with Crippen LogP contribution in [0.5, 0.6) is 5.75 Å². The molecule has 0 aromatic heterocycles. The Hall–Kier alpha value is -1.88. The maximum Gasteiger partial charge on any atom is 0.380 e. The summed E-state index contributed by atoms with van der Waals surface area (Å²) in [4.78, 5) is 23.3. The maximum atomic E-state index is 11.8. The van der Waals surface area contributed by atoms with Crippen molar-refractivity contribution >= 4 is 11.8 Å². The van der Waals surface area contributed by atoms with E-state index in [1.54, 1.807) is 25.1 Å². The van der Waals surface area contributed by atoms with Crippen LogP contribution in [0.3, 0.4) is 0 Å². The van der Waals surface area contributed by atoms with Gasteiger partial charge in [-0.3, -0.25) is 4.79 Å². The Morgan fingerprint density at radius 1 is 1.53 bits per heavy atom. The molecule has 1 N–H and O–H groups in total. The number of aliphatic hydroxyl groups is 1. The Morgan fingerprint density at radius 2 is 2.24 bits per heavy atom. The first-order valence-corrected chi connectivity index (χ1v) is 5.27. The highest BCUT2D eigenvalue weighted by Crippen LogP contribution is 2.32. The zero-order valence-electron chi connectivity index (χ0n) is 9.30. The van der Waals surface area contributed by atoms with E-state index in [1.165, 1.54) is 6.07 Å². The highest BCUT2D eigenvalue weighted by molar-refractivity contribution is 6.03. The molecule has 2 rings (SSSR count). The van der Waals surface area contributed by atoms with Gasteiger partial charge in [-0.1, -0.05) is 12.1 Å². The molecule has 1 aliphatic rings. The molecule has 1 unspecified atom stereocenters. The first kappa shape index (κ1) is 11.6. The molecule has 1 aliphatic heterocycles. The number of carbonyl (C=O) groups excluding carboxylic acids is 2. The zero-order valence-corrected chi connectivity index (χ0v) is 9.30. The highest BCUT2D eigenvalue weighted by atomic mass is 16.7. The summed E-state index contributed by atoms with van der Waals surface area (Å²) in [5.74, 6) is -3.30. The second-order valence-electron chi connectivity index (χ2n) is 3.70. The van der Waals surface area contributed by atoms with Crippen LogP contribution in [0.15, 0.2) is 24.3 Å². The van der Waals surface area contributed by atoms with Gasteiger partial charge in [-0.15, -0.1) is 0 Å². The summed E-state index contributed by atoms with van der Waals surface area (Å²) in [5.41, 5.74) is 0.362. The van der Waals surface area contributed by atoms with Gasteiger partial charge in [-0.2, -0.15) is 0 Å². The molecule has 0 saturated carbocycles. The molecule has 1 aromatic rings. The SMILES string of the molecule is CCOC(=O)C1(O)CC(=O)c2ccccc2O1. The van der Waals surface area contributed by atoms with Crippen molar-refractivity contribution in [3.05, 3.63) is 29.8 Å². The normalized spacial score (nSPS) is 22.6. The quantitative estimate of drug-likeness (QED) is 0.772. The van der Waals surface area contributed by atoms with E-state index < -0.39 is 18.2 Å². The molecular weight excluding hydrogens is 224 g/mol. The maximum absolute atomic E-state index is 11.8. The van der Waals surface area contributed by atoms with Crippen LogP contribution in [0.25, 0.3) is 0 Å². The highest BCUT2D eigenvalue weighted by Gasteiger charge is 2.46. The van der Waals surface area contributed by atoms with Crippen molar-refractivity contribution in [2.24, 2.45) is 0 Å². The Bertz CT molecular complexity index is 468. The summed E-state index contributed by atoms with van der Waals surface area (Å²) in [6, 6.07) is 6.46. The van der Waals surface area contributed by atoms with Gasteiger partial charge in [0.1, 0.15) is 5.75 Å². The van der Waals surface area contributed by atoms with Crippen molar-refractivity contribution in [3.63, 3.8) is 0 Å². The lowest BCUT2D eigenvalue weighted by molar-refractivity contribution is -0.200. The van der Waals surface area contributed by atoms with E-state index in [4.69, 9.17) is 4.74 Å². The molecule has 0 saturated heterocycles. The third-order valence-electron chi connectivity index (χ3n) is 2.46. The number of Topliss-reactive ketones (excluding diaryl/α,β-unsaturated/α-hetero) is 1. The molecule has 0 bridgehead atoms. The Kier molecular flexibility index (Phi) is 2.85. The van der Waals surface area contributed by atoms with Crippen LogP contribution in [0.1, 0.15) is 23.7 Å². The number of carbonyl (C=O) groups is 2. The van der Waals surface area contributed by atoms with Gasteiger partial charge in [0.2, 0.25) is 0 Å². The van der Waals surface area contributed by atoms with Gasteiger partial charge in [0.25, 0.3) is 0 Å². The largest absolute Gasteiger partial charge is 0.461 e. The van der Waals surface area contributed by atoms with Gasteiger partial charge in [-0.25, -0.2) is 4.79 Å². The summed E-state index contributed by atoms with van der Waals surface area (Å²) in [5, 5.41) is 9.97. The monoisotopic (exact) mass is 236 g/mol. The predicted octanol–water partition coefficient (Wildman–Crippen LogP) is 0.903. The van der Waals surface area contributed by atoms with Crippen molar-refractivity contribution in [2.75, 3.05) is 6.61 Å². The zero-order chi connectivity index (χ0) is 12.5. The average Bonchev–Trinajstić information content (AvgIpc) is 2.29. The Labute approximate surface area is 98.0 Å². The summed E-state index contributed by atoms with van der Waals surface area (Å²) in [6.07, 6.45) is -0.428. The van der Waals surface area contributed by atoms with Gasteiger partial charge in [0.15, 0.2) is 5.78 Å². The van der Waals surface area contributed by atoms with Crippen LogP contribution in [0.2, 0.25) is 0 Å². The number of hydrogen-bond donors (Lipinski definition) is 1. The predicted molar refractivity (Wildman–Crippen MR) is 57.6 cm³/mol. The number of para-hydroxylation sites is 1. The summed E-state index contributed by atoms with van der Waals surface area (Å²) in [7, 11) is 0. The van der Waals surface area contributed by atoms with Gasteiger partial charge < -0.3 is 14.6 Å². The van der Waals surface area contributed by atoms with Crippen molar-refractivity contribution in [1.82, 2.24) is 0 Å². The first-order valence-electron chi connectivity index (χ1n) is 5.27. The second-order valence-corrected chi connectivity index (χ2v) is 3.70. The molecule has 0 fully saturated rings. The molecule has 5 nitrogen and oxygen atoms in total. The number of esters is 1. The molecule has 0 radical (unpaired) electrons. The molecule has 1 aromatic carbocycles. The number of ketones is 1. The van der Waals surface area contributed by atoms with E-state index in [2.05, 4.69) is 4.74 Å². The Balaban J connectivity index is 2.33. The molecule has 0 aliphatic carbocycles. The van der Waals surface area contributed by atoms with E-state index in [0.717, 1.165) is 0 Å². The fraction of sp³-hybridized carbons (Fsp3) is 0.333. The fourth-order valence-electron chi connectivity index (χ4n) is 1.67. The van der Waals surface area contributed by atoms with E-state index in [1.807, 2.05) is 0 Å². The van der Waals surface area contributed by atoms with Gasteiger partial charge in [0.05, 0.1) is 18.6 Å². The average molecular weight is 236 g/mol. The summed E-state index contributed by atoms with van der Waals surface area (Å²) < 4.78 is 9.85. The molecular formula is C12H12O5. The lowest BCUT2D eigenvalue weighted by Gasteiger charge is -2.30. The molecule has 17 heavy (non-hydrogen) atoms. The molecule has 5 heteroatoms. The second kappa shape index (κ2) is 4.18. The van der Waals surface area contributed by atoms with Crippen molar-refractivity contribution < 1.29 is 24.2 Å². The molecule has 1 heterocycles. The number of rotatable bonds is 2. The number of fused-ring (bicyclic) bond motifs is 1. The Morgan fingerprint density at radius 3 is 2.94 bits per heavy atom. The molecule has 0 amide bonds. The molecule has 0 spiro atoms. The minimum absolute atomic E-state index is 0.111. The fourth-order valence-corrected chi connectivity index (χ4v) is 1.67. The lowest BCUT2D eigenvalue weighted by atomic mass is 9.98. The van der Waals surface area contributed by atoms with Crippen LogP contribution in [-0.4, -0.2) is 29.3 Å². The van der Waals surface area contributed by atoms with Crippen LogP contribution in [0.4, 0.5) is 0 Å². The van der Waals surface area contributed by atoms with Crippen LogP contribution < -0.4 is 4.74 Å². The molecule has 1 atom stereocenters. The van der Waals surface area contributed by atoms with E-state index in [9.17, 15) is 14.7 Å². The van der Waals surface area contributed by atoms with Gasteiger partial charge >= 0.3 is 11.8 Å². The van der Waals surface area contributed by atoms with Crippen molar-refractivity contribution in [3.8, 4) is 5.75 Å². The number of benzene rings is 1. The van der Waals surface area contributed by atoms with E-state index in [0.29, 0.717) is 5.56 Å². The number of hydrogen-bond acceptors (Lipinski definition) is 5.